The molecule has 1 heterocycles. The highest BCUT2D eigenvalue weighted by molar-refractivity contribution is 7.99. The Morgan fingerprint density at radius 1 is 1.20 bits per heavy atom. The molecule has 0 fully saturated rings. The molecule has 1 aliphatic rings. The van der Waals surface area contributed by atoms with Gasteiger partial charge in [-0.25, -0.2) is 0 Å². The van der Waals surface area contributed by atoms with E-state index in [1.54, 1.807) is 16.7 Å². The molecule has 1 atom stereocenters. The number of nitrogens with zero attached hydrogens (tertiary/aromatic N) is 1. The van der Waals surface area contributed by atoms with Crippen molar-refractivity contribution in [2.75, 3.05) is 18.0 Å². The predicted molar refractivity (Wildman–Crippen MR) is 102 cm³/mol. The van der Waals surface area contributed by atoms with Gasteiger partial charge in [-0.15, -0.1) is 11.8 Å². The molecule has 2 aromatic carbocycles. The summed E-state index contributed by atoms with van der Waals surface area (Å²) < 4.78 is 0. The third-order valence-electron chi connectivity index (χ3n) is 4.08. The fourth-order valence-corrected chi connectivity index (χ4v) is 4.12. The van der Waals surface area contributed by atoms with E-state index >= 15 is 0 Å². The summed E-state index contributed by atoms with van der Waals surface area (Å²) in [6.45, 7) is 4.28. The van der Waals surface area contributed by atoms with Crippen LogP contribution in [0.5, 0.6) is 0 Å². The smallest absolute Gasteiger partial charge is 0.243 e. The Morgan fingerprint density at radius 2 is 1.92 bits per heavy atom. The Bertz CT molecular complexity index is 776. The van der Waals surface area contributed by atoms with Crippen molar-refractivity contribution < 1.29 is 9.59 Å². The van der Waals surface area contributed by atoms with Gasteiger partial charge in [-0.3, -0.25) is 9.59 Å². The maximum Gasteiger partial charge on any atom is 0.243 e. The second-order valence-corrected chi connectivity index (χ2v) is 6.97. The molecule has 3 rings (SSSR count). The van der Waals surface area contributed by atoms with Crippen LogP contribution in [0.25, 0.3) is 0 Å². The van der Waals surface area contributed by atoms with Gasteiger partial charge in [0, 0.05) is 29.7 Å². The van der Waals surface area contributed by atoms with Gasteiger partial charge in [0.05, 0.1) is 5.69 Å². The number of fused-ring (bicyclic) bond motifs is 1. The molecule has 1 N–H and O–H groups in total. The van der Waals surface area contributed by atoms with Crippen molar-refractivity contribution in [2.24, 2.45) is 0 Å². The molecule has 1 unspecified atom stereocenters. The van der Waals surface area contributed by atoms with E-state index in [4.69, 9.17) is 0 Å². The number of para-hydroxylation sites is 1. The normalized spacial score (nSPS) is 16.7. The first-order chi connectivity index (χ1) is 12.2. The Kier molecular flexibility index (Phi) is 5.56. The van der Waals surface area contributed by atoms with Gasteiger partial charge in [0.2, 0.25) is 11.8 Å². The molecule has 25 heavy (non-hydrogen) atoms. The van der Waals surface area contributed by atoms with Gasteiger partial charge in [-0.05, 0) is 23.8 Å². The molecule has 128 valence electrons. The molecule has 0 saturated carbocycles. The van der Waals surface area contributed by atoms with Crippen LogP contribution in [0.1, 0.15) is 17.2 Å². The lowest BCUT2D eigenvalue weighted by atomic mass is 10.1. The third kappa shape index (κ3) is 4.12. The van der Waals surface area contributed by atoms with E-state index in [1.807, 2.05) is 42.5 Å². The number of rotatable bonds is 5. The standard InChI is InChI=1S/C20H20N2O2S/c1-2-19(23)21-12-13-22-16-10-6-7-11-17(16)25-18(14-20(22)24)15-8-4-3-5-9-15/h2-11,18H,1,12-14H2,(H,21,23). The van der Waals surface area contributed by atoms with Crippen LogP contribution in [-0.4, -0.2) is 24.9 Å². The van der Waals surface area contributed by atoms with E-state index in [9.17, 15) is 9.59 Å². The molecule has 4 nitrogen and oxygen atoms in total. The number of amides is 2. The number of thioether (sulfide) groups is 1. The van der Waals surface area contributed by atoms with Crippen LogP contribution in [0.15, 0.2) is 72.1 Å². The van der Waals surface area contributed by atoms with Crippen molar-refractivity contribution in [3.8, 4) is 0 Å². The number of carbonyl (C=O) groups is 2. The van der Waals surface area contributed by atoms with Crippen molar-refractivity contribution in [1.29, 1.82) is 0 Å². The van der Waals surface area contributed by atoms with E-state index in [2.05, 4.69) is 24.0 Å². The fraction of sp³-hybridized carbons (Fsp3) is 0.200. The van der Waals surface area contributed by atoms with Crippen molar-refractivity contribution >= 4 is 29.3 Å². The van der Waals surface area contributed by atoms with Gasteiger partial charge in [-0.1, -0.05) is 49.0 Å². The quantitative estimate of drug-likeness (QED) is 0.837. The molecule has 0 spiro atoms. The molecule has 0 saturated heterocycles. The average molecular weight is 352 g/mol. The van der Waals surface area contributed by atoms with Crippen LogP contribution >= 0.6 is 11.8 Å². The topological polar surface area (TPSA) is 49.4 Å². The van der Waals surface area contributed by atoms with Crippen molar-refractivity contribution in [1.82, 2.24) is 5.32 Å². The van der Waals surface area contributed by atoms with Gasteiger partial charge in [-0.2, -0.15) is 0 Å². The van der Waals surface area contributed by atoms with Crippen LogP contribution < -0.4 is 10.2 Å². The van der Waals surface area contributed by atoms with Gasteiger partial charge >= 0.3 is 0 Å². The SMILES string of the molecule is C=CC(=O)NCCN1C(=O)CC(c2ccccc2)Sc2ccccc21. The summed E-state index contributed by atoms with van der Waals surface area (Å²) in [5.41, 5.74) is 2.06. The van der Waals surface area contributed by atoms with Crippen molar-refractivity contribution in [3.63, 3.8) is 0 Å². The minimum atomic E-state index is -0.230. The van der Waals surface area contributed by atoms with Crippen molar-refractivity contribution in [3.05, 3.63) is 72.8 Å². The lowest BCUT2D eigenvalue weighted by molar-refractivity contribution is -0.119. The van der Waals surface area contributed by atoms with E-state index in [0.29, 0.717) is 19.5 Å². The first kappa shape index (κ1) is 17.3. The van der Waals surface area contributed by atoms with E-state index < -0.39 is 0 Å². The molecule has 2 amide bonds. The number of anilines is 1. The van der Waals surface area contributed by atoms with Crippen LogP contribution in [0.3, 0.4) is 0 Å². The molecule has 1 aliphatic heterocycles. The first-order valence-electron chi connectivity index (χ1n) is 8.20. The highest BCUT2D eigenvalue weighted by atomic mass is 32.2. The molecular formula is C20H20N2O2S. The average Bonchev–Trinajstić information content (AvgIpc) is 2.79. The number of hydrogen-bond donors (Lipinski definition) is 1. The Morgan fingerprint density at radius 3 is 2.68 bits per heavy atom. The second-order valence-electron chi connectivity index (χ2n) is 5.73. The predicted octanol–water partition coefficient (Wildman–Crippen LogP) is 3.56. The first-order valence-corrected chi connectivity index (χ1v) is 9.08. The molecule has 0 bridgehead atoms. The zero-order valence-corrected chi connectivity index (χ0v) is 14.7. The lowest BCUT2D eigenvalue weighted by Gasteiger charge is -2.22. The maximum absolute atomic E-state index is 12.9. The lowest BCUT2D eigenvalue weighted by Crippen LogP contribution is -2.38. The van der Waals surface area contributed by atoms with Gasteiger partial charge in [0.1, 0.15) is 0 Å². The Labute approximate surface area is 151 Å². The molecule has 0 radical (unpaired) electrons. The van der Waals surface area contributed by atoms with E-state index in [0.717, 1.165) is 16.1 Å². The molecule has 5 heteroatoms. The summed E-state index contributed by atoms with van der Waals surface area (Å²) in [6, 6.07) is 18.0. The maximum atomic E-state index is 12.9. The summed E-state index contributed by atoms with van der Waals surface area (Å²) >= 11 is 1.72. The highest BCUT2D eigenvalue weighted by Gasteiger charge is 2.28. The summed E-state index contributed by atoms with van der Waals surface area (Å²) in [5.74, 6) is -0.161. The van der Waals surface area contributed by atoms with Gasteiger partial charge < -0.3 is 10.2 Å². The summed E-state index contributed by atoms with van der Waals surface area (Å²) in [6.07, 6.45) is 1.66. The fourth-order valence-electron chi connectivity index (χ4n) is 2.84. The largest absolute Gasteiger partial charge is 0.351 e. The minimum absolute atomic E-state index is 0.0687. The minimum Gasteiger partial charge on any atom is -0.351 e. The van der Waals surface area contributed by atoms with Crippen molar-refractivity contribution in [2.45, 2.75) is 16.6 Å². The van der Waals surface area contributed by atoms with Crippen LogP contribution in [-0.2, 0) is 9.59 Å². The Balaban J connectivity index is 1.84. The van der Waals surface area contributed by atoms with Gasteiger partial charge in [0.25, 0.3) is 0 Å². The van der Waals surface area contributed by atoms with Crippen LogP contribution in [0.2, 0.25) is 0 Å². The molecule has 2 aromatic rings. The number of nitrogens with one attached hydrogen (secondary N) is 1. The Hall–Kier alpha value is -2.53. The zero-order valence-electron chi connectivity index (χ0n) is 13.9. The van der Waals surface area contributed by atoms with E-state index in [1.165, 1.54) is 6.08 Å². The molecule has 0 aromatic heterocycles. The van der Waals surface area contributed by atoms with Gasteiger partial charge in [0.15, 0.2) is 0 Å². The summed E-state index contributed by atoms with van der Waals surface area (Å²) in [5, 5.41) is 2.82. The monoisotopic (exact) mass is 352 g/mol. The summed E-state index contributed by atoms with van der Waals surface area (Å²) in [7, 11) is 0. The highest BCUT2D eigenvalue weighted by Crippen LogP contribution is 2.45. The van der Waals surface area contributed by atoms with Crippen LogP contribution in [0, 0.1) is 0 Å². The zero-order chi connectivity index (χ0) is 17.6. The number of benzene rings is 2. The van der Waals surface area contributed by atoms with Crippen LogP contribution in [0.4, 0.5) is 5.69 Å². The third-order valence-corrected chi connectivity index (χ3v) is 5.40. The molecular weight excluding hydrogens is 332 g/mol. The van der Waals surface area contributed by atoms with E-state index in [-0.39, 0.29) is 17.1 Å². The molecule has 0 aliphatic carbocycles. The summed E-state index contributed by atoms with van der Waals surface area (Å²) in [4.78, 5) is 27.1. The number of hydrogen-bond acceptors (Lipinski definition) is 3. The second kappa shape index (κ2) is 8.03. The number of carbonyl (C=O) groups excluding carboxylic acids is 2.